The smallest absolute Gasteiger partial charge is 0.181 e. The first-order valence-corrected chi connectivity index (χ1v) is 10.2. The van der Waals surface area contributed by atoms with Crippen molar-refractivity contribution in [2.24, 2.45) is 7.05 Å². The van der Waals surface area contributed by atoms with Gasteiger partial charge in [0.05, 0.1) is 23.0 Å². The maximum atomic E-state index is 4.93. The molecule has 0 saturated carbocycles. The lowest BCUT2D eigenvalue weighted by atomic mass is 10.0. The second-order valence-corrected chi connectivity index (χ2v) is 7.62. The van der Waals surface area contributed by atoms with Gasteiger partial charge >= 0.3 is 0 Å². The average Bonchev–Trinajstić information content (AvgIpc) is 3.55. The van der Waals surface area contributed by atoms with E-state index in [-0.39, 0.29) is 0 Å². The van der Waals surface area contributed by atoms with Crippen molar-refractivity contribution in [1.82, 2.24) is 34.7 Å². The summed E-state index contributed by atoms with van der Waals surface area (Å²) in [4.78, 5) is 17.3. The lowest BCUT2D eigenvalue weighted by Crippen LogP contribution is -1.94. The van der Waals surface area contributed by atoms with Gasteiger partial charge in [-0.3, -0.25) is 5.10 Å². The molecule has 0 amide bonds. The minimum atomic E-state index is 0.650. The van der Waals surface area contributed by atoms with E-state index in [2.05, 4.69) is 56.0 Å². The van der Waals surface area contributed by atoms with E-state index >= 15 is 0 Å². The molecule has 7 heteroatoms. The molecule has 7 nitrogen and oxygen atoms in total. The van der Waals surface area contributed by atoms with E-state index < -0.39 is 0 Å². The van der Waals surface area contributed by atoms with Gasteiger partial charge in [-0.1, -0.05) is 37.0 Å². The topological polar surface area (TPSA) is 88.1 Å². The molecule has 0 saturated heterocycles. The van der Waals surface area contributed by atoms with E-state index in [1.54, 1.807) is 6.08 Å². The van der Waals surface area contributed by atoms with Crippen LogP contribution in [0.1, 0.15) is 23.6 Å². The van der Waals surface area contributed by atoms with Crippen molar-refractivity contribution in [2.75, 3.05) is 0 Å². The van der Waals surface area contributed by atoms with Crippen LogP contribution in [0.4, 0.5) is 0 Å². The summed E-state index contributed by atoms with van der Waals surface area (Å²) in [6.07, 6.45) is 14.9. The van der Waals surface area contributed by atoms with Crippen LogP contribution in [0.3, 0.4) is 0 Å². The van der Waals surface area contributed by atoms with E-state index in [1.807, 2.05) is 43.9 Å². The Labute approximate surface area is 180 Å². The van der Waals surface area contributed by atoms with Crippen LogP contribution in [0.15, 0.2) is 61.0 Å². The van der Waals surface area contributed by atoms with E-state index in [0.29, 0.717) is 5.65 Å². The number of nitrogens with one attached hydrogen (secondary N) is 2. The summed E-state index contributed by atoms with van der Waals surface area (Å²) in [6.45, 7) is 7.89. The highest BCUT2D eigenvalue weighted by molar-refractivity contribution is 5.92. The number of pyridine rings is 1. The number of fused-ring (bicyclic) bond motifs is 1. The Morgan fingerprint density at radius 3 is 2.81 bits per heavy atom. The summed E-state index contributed by atoms with van der Waals surface area (Å²) in [5, 5.41) is 8.40. The molecule has 0 atom stereocenters. The molecule has 0 aliphatic heterocycles. The third-order valence-electron chi connectivity index (χ3n) is 5.67. The fourth-order valence-electron chi connectivity index (χ4n) is 3.92. The molecule has 0 unspecified atom stereocenters. The molecule has 0 bridgehead atoms. The lowest BCUT2D eigenvalue weighted by molar-refractivity contribution is 0.865. The van der Waals surface area contributed by atoms with Gasteiger partial charge in [-0.2, -0.15) is 5.10 Å². The standard InChI is InChI=1S/C24H23N7/c1-5-8-18(16-9-6-7-10-16)21-14(2)27-24(28-21)22-19-11-17(12-26-23(19)30-29-22)20-13-25-15(3)31(20)4/h5-6,8-13H,1,7H2,2-4H3,(H,27,28)(H,26,29,30)/b18-8-. The van der Waals surface area contributed by atoms with Crippen LogP contribution in [0.2, 0.25) is 0 Å². The Kier molecular flexibility index (Phi) is 4.51. The summed E-state index contributed by atoms with van der Waals surface area (Å²) >= 11 is 0. The highest BCUT2D eigenvalue weighted by atomic mass is 15.2. The number of nitrogens with zero attached hydrogens (tertiary/aromatic N) is 5. The number of aromatic nitrogens is 7. The van der Waals surface area contributed by atoms with Crippen molar-refractivity contribution in [1.29, 1.82) is 0 Å². The van der Waals surface area contributed by atoms with Gasteiger partial charge in [-0.15, -0.1) is 0 Å². The highest BCUT2D eigenvalue weighted by Crippen LogP contribution is 2.33. The van der Waals surface area contributed by atoms with Crippen LogP contribution in [-0.4, -0.2) is 34.7 Å². The Morgan fingerprint density at radius 2 is 2.10 bits per heavy atom. The Balaban J connectivity index is 1.62. The SMILES string of the molecule is C=C/C=C(/C1=CCC=C1)c1nc(-c2[nH]nc3ncc(-c4cnc(C)n4C)cc23)[nH]c1C. The van der Waals surface area contributed by atoms with E-state index in [0.717, 1.165) is 62.9 Å². The predicted molar refractivity (Wildman–Crippen MR) is 123 cm³/mol. The lowest BCUT2D eigenvalue weighted by Gasteiger charge is -2.04. The van der Waals surface area contributed by atoms with Gasteiger partial charge in [0.2, 0.25) is 0 Å². The summed E-state index contributed by atoms with van der Waals surface area (Å²) in [5.41, 5.74) is 7.55. The number of imidazole rings is 2. The predicted octanol–water partition coefficient (Wildman–Crippen LogP) is 4.82. The van der Waals surface area contributed by atoms with Crippen molar-refractivity contribution in [2.45, 2.75) is 20.3 Å². The van der Waals surface area contributed by atoms with Gasteiger partial charge in [-0.25, -0.2) is 15.0 Å². The van der Waals surface area contributed by atoms with Crippen LogP contribution in [0.5, 0.6) is 0 Å². The molecule has 2 N–H and O–H groups in total. The van der Waals surface area contributed by atoms with Gasteiger partial charge < -0.3 is 9.55 Å². The first-order valence-electron chi connectivity index (χ1n) is 10.2. The van der Waals surface area contributed by atoms with Crippen molar-refractivity contribution < 1.29 is 0 Å². The molecular formula is C24H23N7. The molecule has 0 aromatic carbocycles. The fraction of sp³-hybridized carbons (Fsp3) is 0.167. The normalized spacial score (nSPS) is 13.9. The minimum Gasteiger partial charge on any atom is -0.340 e. The third kappa shape index (κ3) is 3.15. The van der Waals surface area contributed by atoms with Gasteiger partial charge in [0, 0.05) is 30.1 Å². The average molecular weight is 409 g/mol. The first-order chi connectivity index (χ1) is 15.1. The maximum Gasteiger partial charge on any atom is 0.181 e. The Hall–Kier alpha value is -4.00. The molecule has 4 aromatic rings. The first kappa shape index (κ1) is 19.0. The molecule has 4 heterocycles. The number of hydrogen-bond donors (Lipinski definition) is 2. The van der Waals surface area contributed by atoms with Crippen LogP contribution in [0, 0.1) is 13.8 Å². The summed E-state index contributed by atoms with van der Waals surface area (Å²) < 4.78 is 2.05. The second kappa shape index (κ2) is 7.36. The quantitative estimate of drug-likeness (QED) is 0.463. The highest BCUT2D eigenvalue weighted by Gasteiger charge is 2.19. The molecule has 0 radical (unpaired) electrons. The maximum absolute atomic E-state index is 4.93. The zero-order chi connectivity index (χ0) is 21.5. The molecule has 1 aliphatic carbocycles. The van der Waals surface area contributed by atoms with Crippen LogP contribution < -0.4 is 0 Å². The summed E-state index contributed by atoms with van der Waals surface area (Å²) in [6, 6.07) is 2.08. The molecule has 1 aliphatic rings. The van der Waals surface area contributed by atoms with Crippen molar-refractivity contribution >= 4 is 16.6 Å². The number of rotatable bonds is 5. The zero-order valence-corrected chi connectivity index (χ0v) is 17.8. The molecule has 154 valence electrons. The van der Waals surface area contributed by atoms with Crippen molar-refractivity contribution in [3.8, 4) is 22.8 Å². The van der Waals surface area contributed by atoms with Gasteiger partial charge in [0.15, 0.2) is 11.5 Å². The number of allylic oxidation sites excluding steroid dienone is 7. The number of aryl methyl sites for hydroxylation is 2. The van der Waals surface area contributed by atoms with Crippen LogP contribution >= 0.6 is 0 Å². The van der Waals surface area contributed by atoms with Crippen molar-refractivity contribution in [3.63, 3.8) is 0 Å². The zero-order valence-electron chi connectivity index (χ0n) is 17.8. The molecule has 0 fully saturated rings. The van der Waals surface area contributed by atoms with E-state index in [1.165, 1.54) is 0 Å². The Morgan fingerprint density at radius 1 is 1.23 bits per heavy atom. The molecule has 0 spiro atoms. The molecule has 5 rings (SSSR count). The molecular weight excluding hydrogens is 386 g/mol. The van der Waals surface area contributed by atoms with Gasteiger partial charge in [0.25, 0.3) is 0 Å². The van der Waals surface area contributed by atoms with E-state index in [9.17, 15) is 0 Å². The largest absolute Gasteiger partial charge is 0.340 e. The third-order valence-corrected chi connectivity index (χ3v) is 5.67. The summed E-state index contributed by atoms with van der Waals surface area (Å²) in [5.74, 6) is 1.68. The molecule has 31 heavy (non-hydrogen) atoms. The monoisotopic (exact) mass is 409 g/mol. The summed E-state index contributed by atoms with van der Waals surface area (Å²) in [7, 11) is 2.00. The second-order valence-electron chi connectivity index (χ2n) is 7.62. The van der Waals surface area contributed by atoms with Crippen LogP contribution in [0.25, 0.3) is 39.4 Å². The van der Waals surface area contributed by atoms with Gasteiger partial charge in [-0.05, 0) is 31.9 Å². The molecule has 4 aromatic heterocycles. The Bertz CT molecular complexity index is 1410. The van der Waals surface area contributed by atoms with Crippen LogP contribution in [-0.2, 0) is 7.05 Å². The fourth-order valence-corrected chi connectivity index (χ4v) is 3.92. The van der Waals surface area contributed by atoms with Gasteiger partial charge in [0.1, 0.15) is 11.5 Å². The number of aromatic amines is 2. The number of H-pyrrole nitrogens is 2. The number of hydrogen-bond acceptors (Lipinski definition) is 4. The van der Waals surface area contributed by atoms with Crippen molar-refractivity contribution in [3.05, 3.63) is 78.2 Å². The van der Waals surface area contributed by atoms with E-state index in [4.69, 9.17) is 4.98 Å². The minimum absolute atomic E-state index is 0.650.